The van der Waals surface area contributed by atoms with Gasteiger partial charge in [0.2, 0.25) is 5.91 Å². The Kier molecular flexibility index (Phi) is 8.35. The third-order valence-electron chi connectivity index (χ3n) is 4.47. The molecule has 0 aliphatic carbocycles. The number of rotatable bonds is 3. The zero-order valence-corrected chi connectivity index (χ0v) is 17.9. The first-order valence-corrected chi connectivity index (χ1v) is 9.39. The second-order valence-corrected chi connectivity index (χ2v) is 7.99. The fourth-order valence-corrected chi connectivity index (χ4v) is 4.09. The highest BCUT2D eigenvalue weighted by Crippen LogP contribution is 2.31. The van der Waals surface area contributed by atoms with Crippen molar-refractivity contribution in [3.05, 3.63) is 50.9 Å². The number of likely N-dealkylation sites (tertiary alicyclic amines) is 1. The molecule has 2 aromatic rings. The van der Waals surface area contributed by atoms with Gasteiger partial charge in [-0.05, 0) is 37.5 Å². The van der Waals surface area contributed by atoms with Gasteiger partial charge in [-0.2, -0.15) is 0 Å². The molecular weight excluding hydrogens is 445 g/mol. The van der Waals surface area contributed by atoms with Crippen molar-refractivity contribution in [1.29, 1.82) is 0 Å². The summed E-state index contributed by atoms with van der Waals surface area (Å²) in [7, 11) is 0. The highest BCUT2D eigenvalue weighted by molar-refractivity contribution is 9.10. The van der Waals surface area contributed by atoms with Gasteiger partial charge in [-0.15, -0.1) is 36.2 Å². The monoisotopic (exact) mass is 465 g/mol. The molecule has 1 unspecified atom stereocenters. The highest BCUT2D eigenvalue weighted by atomic mass is 79.9. The van der Waals surface area contributed by atoms with Crippen molar-refractivity contribution < 1.29 is 4.79 Å². The largest absolute Gasteiger partial charge is 0.341 e. The van der Waals surface area contributed by atoms with Crippen LogP contribution < -0.4 is 5.73 Å². The summed E-state index contributed by atoms with van der Waals surface area (Å²) < 4.78 is 0.980. The van der Waals surface area contributed by atoms with Crippen molar-refractivity contribution in [2.75, 3.05) is 13.1 Å². The van der Waals surface area contributed by atoms with Gasteiger partial charge < -0.3 is 10.6 Å². The normalized spacial score (nSPS) is 17.2. The van der Waals surface area contributed by atoms with Crippen molar-refractivity contribution in [1.82, 2.24) is 9.88 Å². The lowest BCUT2D eigenvalue weighted by molar-refractivity contribution is -0.137. The van der Waals surface area contributed by atoms with E-state index in [0.717, 1.165) is 36.0 Å². The average Bonchev–Trinajstić information content (AvgIpc) is 3.09. The molecule has 0 bridgehead atoms. The predicted molar refractivity (Wildman–Crippen MR) is 111 cm³/mol. The third kappa shape index (κ3) is 4.95. The molecule has 0 radical (unpaired) electrons. The van der Waals surface area contributed by atoms with Gasteiger partial charge >= 0.3 is 0 Å². The Morgan fingerprint density at radius 2 is 1.88 bits per heavy atom. The minimum Gasteiger partial charge on any atom is -0.341 e. The fourth-order valence-electron chi connectivity index (χ4n) is 3.01. The molecule has 3 rings (SSSR count). The Morgan fingerprint density at radius 3 is 2.40 bits per heavy atom. The van der Waals surface area contributed by atoms with Gasteiger partial charge in [-0.1, -0.05) is 28.1 Å². The highest BCUT2D eigenvalue weighted by Gasteiger charge is 2.36. The van der Waals surface area contributed by atoms with Crippen molar-refractivity contribution >= 4 is 58.0 Å². The van der Waals surface area contributed by atoms with Crippen LogP contribution in [-0.4, -0.2) is 28.9 Å². The van der Waals surface area contributed by atoms with Gasteiger partial charge in [0, 0.05) is 35.1 Å². The summed E-state index contributed by atoms with van der Waals surface area (Å²) in [6.07, 6.45) is 3.76. The van der Waals surface area contributed by atoms with E-state index in [1.54, 1.807) is 18.3 Å². The molecule has 1 amide bonds. The summed E-state index contributed by atoms with van der Waals surface area (Å²) in [4.78, 5) is 19.2. The van der Waals surface area contributed by atoms with E-state index >= 15 is 0 Å². The van der Waals surface area contributed by atoms with E-state index in [4.69, 9.17) is 5.73 Å². The molecule has 8 heteroatoms. The molecule has 0 saturated carbocycles. The maximum absolute atomic E-state index is 12.9. The SMILES string of the molecule is CC(N)(C(=O)N1CCC(c2nccs2)CC1)c1ccc(Br)cc1.Cl.Cl. The van der Waals surface area contributed by atoms with Gasteiger partial charge in [0.1, 0.15) is 5.54 Å². The van der Waals surface area contributed by atoms with Crippen LogP contribution in [0, 0.1) is 0 Å². The molecule has 2 N–H and O–H groups in total. The van der Waals surface area contributed by atoms with E-state index < -0.39 is 5.54 Å². The van der Waals surface area contributed by atoms with E-state index in [0.29, 0.717) is 5.92 Å². The molecule has 4 nitrogen and oxygen atoms in total. The Hall–Kier alpha value is -0.660. The molecule has 1 atom stereocenters. The topological polar surface area (TPSA) is 59.2 Å². The van der Waals surface area contributed by atoms with Crippen LogP contribution in [0.1, 0.15) is 36.3 Å². The zero-order chi connectivity index (χ0) is 16.4. The van der Waals surface area contributed by atoms with Crippen LogP contribution in [0.15, 0.2) is 40.3 Å². The fraction of sp³-hybridized carbons (Fsp3) is 0.412. The molecule has 1 aromatic carbocycles. The summed E-state index contributed by atoms with van der Waals surface area (Å²) in [5, 5.41) is 3.19. The Labute approximate surface area is 173 Å². The van der Waals surface area contributed by atoms with Crippen LogP contribution >= 0.6 is 52.1 Å². The van der Waals surface area contributed by atoms with Gasteiger partial charge in [0.15, 0.2) is 0 Å². The second-order valence-electron chi connectivity index (χ2n) is 6.15. The quantitative estimate of drug-likeness (QED) is 0.732. The van der Waals surface area contributed by atoms with Crippen molar-refractivity contribution in [2.24, 2.45) is 5.73 Å². The molecule has 25 heavy (non-hydrogen) atoms. The number of halogens is 3. The number of hydrogen-bond donors (Lipinski definition) is 1. The van der Waals surface area contributed by atoms with Crippen LogP contribution in [0.25, 0.3) is 0 Å². The van der Waals surface area contributed by atoms with Crippen LogP contribution in [0.4, 0.5) is 0 Å². The number of amides is 1. The molecule has 0 spiro atoms. The number of nitrogens with zero attached hydrogens (tertiary/aromatic N) is 2. The van der Waals surface area contributed by atoms with Gasteiger partial charge in [0.25, 0.3) is 0 Å². The van der Waals surface area contributed by atoms with Crippen LogP contribution in [-0.2, 0) is 10.3 Å². The van der Waals surface area contributed by atoms with Crippen LogP contribution in [0.5, 0.6) is 0 Å². The molecule has 1 aliphatic heterocycles. The number of piperidine rings is 1. The van der Waals surface area contributed by atoms with Crippen molar-refractivity contribution in [2.45, 2.75) is 31.2 Å². The lowest BCUT2D eigenvalue weighted by atomic mass is 9.89. The maximum atomic E-state index is 12.9. The number of benzene rings is 1. The minimum absolute atomic E-state index is 0. The first-order valence-electron chi connectivity index (χ1n) is 7.72. The second kappa shape index (κ2) is 9.33. The molecule has 1 aliphatic rings. The lowest BCUT2D eigenvalue weighted by Crippen LogP contribution is -2.52. The first-order chi connectivity index (χ1) is 11.0. The van der Waals surface area contributed by atoms with E-state index in [-0.39, 0.29) is 30.7 Å². The van der Waals surface area contributed by atoms with E-state index in [1.807, 2.05) is 40.7 Å². The Balaban J connectivity index is 0.00000156. The predicted octanol–water partition coefficient (Wildman–Crippen LogP) is 4.33. The number of hydrogen-bond acceptors (Lipinski definition) is 4. The summed E-state index contributed by atoms with van der Waals surface area (Å²) >= 11 is 5.11. The standard InChI is InChI=1S/C17H20BrN3OS.2ClH/c1-17(19,13-2-4-14(18)5-3-13)16(22)21-9-6-12(7-10-21)15-20-8-11-23-15;;/h2-5,8,11-12H,6-7,9-10,19H2,1H3;2*1H. The van der Waals surface area contributed by atoms with Crippen molar-refractivity contribution in [3.63, 3.8) is 0 Å². The van der Waals surface area contributed by atoms with Gasteiger partial charge in [-0.25, -0.2) is 4.98 Å². The smallest absolute Gasteiger partial charge is 0.246 e. The number of carbonyl (C=O) groups excluding carboxylic acids is 1. The van der Waals surface area contributed by atoms with E-state index in [2.05, 4.69) is 20.9 Å². The average molecular weight is 467 g/mol. The molecule has 1 fully saturated rings. The molecule has 138 valence electrons. The number of carbonyl (C=O) groups is 1. The maximum Gasteiger partial charge on any atom is 0.246 e. The molecule has 2 heterocycles. The first kappa shape index (κ1) is 22.4. The zero-order valence-electron chi connectivity index (χ0n) is 13.9. The summed E-state index contributed by atoms with van der Waals surface area (Å²) in [5.41, 5.74) is 6.22. The third-order valence-corrected chi connectivity index (χ3v) is 5.94. The van der Waals surface area contributed by atoms with Crippen molar-refractivity contribution in [3.8, 4) is 0 Å². The van der Waals surface area contributed by atoms with Crippen LogP contribution in [0.2, 0.25) is 0 Å². The number of nitrogens with two attached hydrogens (primary N) is 1. The summed E-state index contributed by atoms with van der Waals surface area (Å²) in [6, 6.07) is 7.65. The Bertz CT molecular complexity index is 672. The lowest BCUT2D eigenvalue weighted by Gasteiger charge is -2.36. The van der Waals surface area contributed by atoms with E-state index in [9.17, 15) is 4.79 Å². The van der Waals surface area contributed by atoms with Gasteiger partial charge in [-0.3, -0.25) is 4.79 Å². The number of thiazole rings is 1. The molecule has 1 saturated heterocycles. The summed E-state index contributed by atoms with van der Waals surface area (Å²) in [5.74, 6) is 0.466. The molecular formula is C17H22BrCl2N3OS. The van der Waals surface area contributed by atoms with Crippen LogP contribution in [0.3, 0.4) is 0 Å². The minimum atomic E-state index is -0.991. The Morgan fingerprint density at radius 1 is 1.28 bits per heavy atom. The summed E-state index contributed by atoms with van der Waals surface area (Å²) in [6.45, 7) is 3.28. The van der Waals surface area contributed by atoms with Gasteiger partial charge in [0.05, 0.1) is 5.01 Å². The molecule has 1 aromatic heterocycles. The van der Waals surface area contributed by atoms with E-state index in [1.165, 1.54) is 5.01 Å². The number of aromatic nitrogens is 1.